The first-order valence-corrected chi connectivity index (χ1v) is 13.9. The highest BCUT2D eigenvalue weighted by atomic mass is 16.6. The van der Waals surface area contributed by atoms with Crippen molar-refractivity contribution in [1.29, 1.82) is 0 Å². The molecule has 0 unspecified atom stereocenters. The average Bonchev–Trinajstić information content (AvgIpc) is 3.53. The number of carbonyl (C=O) groups is 1. The standard InChI is InChI=1S/C31H40N6O3/c1-21-26(27(29(38)39-7)40-30(2,3)4)28(35-15-13-31(5,6)14-16-35)37-25(33-21)17-24(34-37)23-18-32-36(20-23)19-22-11-9-8-10-12-22/h8-12,17-18,20,27H,13-16,19H2,1-7H3/t27-/m0/s1. The van der Waals surface area contributed by atoms with E-state index in [2.05, 4.69) is 36.0 Å². The number of aryl methyl sites for hydroxylation is 1. The zero-order chi connectivity index (χ0) is 28.7. The van der Waals surface area contributed by atoms with Crippen molar-refractivity contribution < 1.29 is 14.3 Å². The summed E-state index contributed by atoms with van der Waals surface area (Å²) < 4.78 is 15.3. The quantitative estimate of drug-likeness (QED) is 0.280. The largest absolute Gasteiger partial charge is 0.467 e. The van der Waals surface area contributed by atoms with Crippen LogP contribution in [0.5, 0.6) is 0 Å². The molecule has 1 aliphatic rings. The van der Waals surface area contributed by atoms with Gasteiger partial charge in [-0.1, -0.05) is 44.2 Å². The van der Waals surface area contributed by atoms with Crippen LogP contribution < -0.4 is 4.90 Å². The normalized spacial score (nSPS) is 16.3. The van der Waals surface area contributed by atoms with Gasteiger partial charge >= 0.3 is 5.97 Å². The molecule has 0 aliphatic carbocycles. The summed E-state index contributed by atoms with van der Waals surface area (Å²) >= 11 is 0. The van der Waals surface area contributed by atoms with Crippen LogP contribution in [0.1, 0.15) is 70.4 Å². The van der Waals surface area contributed by atoms with Gasteiger partial charge in [-0.2, -0.15) is 14.7 Å². The second-order valence-electron chi connectivity index (χ2n) is 12.4. The number of ether oxygens (including phenoxy) is 2. The Morgan fingerprint density at radius 1 is 1.12 bits per heavy atom. The van der Waals surface area contributed by atoms with Gasteiger partial charge in [-0.05, 0) is 51.5 Å². The van der Waals surface area contributed by atoms with Gasteiger partial charge in [-0.3, -0.25) is 4.68 Å². The summed E-state index contributed by atoms with van der Waals surface area (Å²) in [4.78, 5) is 20.4. The van der Waals surface area contributed by atoms with Crippen LogP contribution in [0.2, 0.25) is 0 Å². The van der Waals surface area contributed by atoms with E-state index in [-0.39, 0.29) is 5.41 Å². The van der Waals surface area contributed by atoms with E-state index in [4.69, 9.17) is 19.6 Å². The van der Waals surface area contributed by atoms with E-state index in [1.165, 1.54) is 12.7 Å². The summed E-state index contributed by atoms with van der Waals surface area (Å²) in [6, 6.07) is 12.2. The van der Waals surface area contributed by atoms with Crippen LogP contribution in [0, 0.1) is 12.3 Å². The van der Waals surface area contributed by atoms with E-state index in [9.17, 15) is 4.79 Å². The molecular formula is C31H40N6O3. The van der Waals surface area contributed by atoms with E-state index in [0.29, 0.717) is 17.8 Å². The van der Waals surface area contributed by atoms with Gasteiger partial charge in [-0.15, -0.1) is 0 Å². The number of fused-ring (bicyclic) bond motifs is 1. The van der Waals surface area contributed by atoms with Gasteiger partial charge in [0, 0.05) is 36.6 Å². The average molecular weight is 545 g/mol. The Balaban J connectivity index is 1.62. The second-order valence-corrected chi connectivity index (χ2v) is 12.4. The fourth-order valence-electron chi connectivity index (χ4n) is 5.23. The molecule has 0 spiro atoms. The molecule has 4 aromatic rings. The third-order valence-electron chi connectivity index (χ3n) is 7.49. The minimum Gasteiger partial charge on any atom is -0.467 e. The third-order valence-corrected chi connectivity index (χ3v) is 7.49. The number of carbonyl (C=O) groups excluding carboxylic acids is 1. The smallest absolute Gasteiger partial charge is 0.339 e. The topological polar surface area (TPSA) is 86.8 Å². The summed E-state index contributed by atoms with van der Waals surface area (Å²) in [7, 11) is 1.39. The van der Waals surface area contributed by atoms with Crippen molar-refractivity contribution in [3.05, 3.63) is 65.6 Å². The first-order chi connectivity index (χ1) is 18.9. The van der Waals surface area contributed by atoms with Gasteiger partial charge in [0.25, 0.3) is 0 Å². The highest BCUT2D eigenvalue weighted by Gasteiger charge is 2.37. The Labute approximate surface area is 236 Å². The molecule has 4 heterocycles. The van der Waals surface area contributed by atoms with Crippen molar-refractivity contribution in [2.75, 3.05) is 25.1 Å². The number of aromatic nitrogens is 5. The zero-order valence-electron chi connectivity index (χ0n) is 24.6. The maximum Gasteiger partial charge on any atom is 0.339 e. The lowest BCUT2D eigenvalue weighted by Gasteiger charge is -2.39. The number of rotatable bonds is 7. The summed E-state index contributed by atoms with van der Waals surface area (Å²) in [5.41, 5.74) is 4.66. The number of anilines is 1. The van der Waals surface area contributed by atoms with E-state index in [0.717, 1.165) is 48.7 Å². The van der Waals surface area contributed by atoms with Crippen LogP contribution in [0.4, 0.5) is 5.82 Å². The number of piperidine rings is 1. The Kier molecular flexibility index (Phi) is 7.44. The molecule has 0 amide bonds. The molecule has 1 aliphatic heterocycles. The van der Waals surface area contributed by atoms with Gasteiger partial charge in [0.1, 0.15) is 5.82 Å². The Morgan fingerprint density at radius 2 is 1.82 bits per heavy atom. The fourth-order valence-corrected chi connectivity index (χ4v) is 5.23. The maximum atomic E-state index is 13.2. The molecule has 1 fully saturated rings. The summed E-state index contributed by atoms with van der Waals surface area (Å²) in [5.74, 6) is 0.382. The van der Waals surface area contributed by atoms with Crippen molar-refractivity contribution in [2.45, 2.75) is 72.6 Å². The van der Waals surface area contributed by atoms with Crippen LogP contribution in [-0.4, -0.2) is 56.1 Å². The molecule has 0 N–H and O–H groups in total. The van der Waals surface area contributed by atoms with Gasteiger partial charge in [-0.25, -0.2) is 9.78 Å². The van der Waals surface area contributed by atoms with Crippen molar-refractivity contribution >= 4 is 17.4 Å². The predicted octanol–water partition coefficient (Wildman–Crippen LogP) is 5.61. The number of benzene rings is 1. The molecule has 5 rings (SSSR count). The van der Waals surface area contributed by atoms with Crippen LogP contribution in [-0.2, 0) is 20.8 Å². The molecule has 0 radical (unpaired) electrons. The Bertz CT molecular complexity index is 1490. The van der Waals surface area contributed by atoms with Crippen LogP contribution >= 0.6 is 0 Å². The number of methoxy groups -OCH3 is 1. The molecule has 1 saturated heterocycles. The highest BCUT2D eigenvalue weighted by molar-refractivity contribution is 5.80. The van der Waals surface area contributed by atoms with Crippen molar-refractivity contribution in [1.82, 2.24) is 24.4 Å². The second kappa shape index (κ2) is 10.7. The maximum absolute atomic E-state index is 13.2. The van der Waals surface area contributed by atoms with Gasteiger partial charge in [0.05, 0.1) is 36.7 Å². The lowest BCUT2D eigenvalue weighted by molar-refractivity contribution is -0.164. The molecule has 9 heteroatoms. The zero-order valence-corrected chi connectivity index (χ0v) is 24.6. The van der Waals surface area contributed by atoms with E-state index in [1.54, 1.807) is 0 Å². The Hall–Kier alpha value is -3.72. The van der Waals surface area contributed by atoms with Gasteiger partial charge < -0.3 is 14.4 Å². The van der Waals surface area contributed by atoms with Crippen LogP contribution in [0.15, 0.2) is 48.8 Å². The molecular weight excluding hydrogens is 504 g/mol. The third kappa shape index (κ3) is 5.89. The highest BCUT2D eigenvalue weighted by Crippen LogP contribution is 2.39. The molecule has 212 valence electrons. The van der Waals surface area contributed by atoms with Crippen molar-refractivity contribution in [3.63, 3.8) is 0 Å². The summed E-state index contributed by atoms with van der Waals surface area (Å²) in [5, 5.41) is 9.61. The first kappa shape index (κ1) is 27.8. The molecule has 1 atom stereocenters. The minimum atomic E-state index is -0.937. The van der Waals surface area contributed by atoms with Gasteiger partial charge in [0.2, 0.25) is 0 Å². The summed E-state index contributed by atoms with van der Waals surface area (Å²) in [6.45, 7) is 14.7. The van der Waals surface area contributed by atoms with Gasteiger partial charge in [0.15, 0.2) is 11.8 Å². The lowest BCUT2D eigenvalue weighted by atomic mass is 9.82. The molecule has 0 saturated carbocycles. The SMILES string of the molecule is COC(=O)[C@@H](OC(C)(C)C)c1c(C)nc2cc(-c3cnn(Cc4ccccc4)c3)nn2c1N1CCC(C)(C)CC1. The number of esters is 1. The Morgan fingerprint density at radius 3 is 2.48 bits per heavy atom. The minimum absolute atomic E-state index is 0.254. The lowest BCUT2D eigenvalue weighted by Crippen LogP contribution is -2.40. The monoisotopic (exact) mass is 544 g/mol. The number of hydrogen-bond donors (Lipinski definition) is 0. The van der Waals surface area contributed by atoms with E-state index >= 15 is 0 Å². The molecule has 9 nitrogen and oxygen atoms in total. The number of hydrogen-bond acceptors (Lipinski definition) is 7. The summed E-state index contributed by atoms with van der Waals surface area (Å²) in [6.07, 6.45) is 4.96. The van der Waals surface area contributed by atoms with E-state index < -0.39 is 17.7 Å². The predicted molar refractivity (Wildman–Crippen MR) is 155 cm³/mol. The molecule has 3 aromatic heterocycles. The molecule has 1 aromatic carbocycles. The van der Waals surface area contributed by atoms with Crippen molar-refractivity contribution in [2.24, 2.45) is 5.41 Å². The fraction of sp³-hybridized carbons (Fsp3) is 0.484. The van der Waals surface area contributed by atoms with E-state index in [1.807, 2.05) is 73.6 Å². The molecule has 40 heavy (non-hydrogen) atoms. The van der Waals surface area contributed by atoms with Crippen molar-refractivity contribution in [3.8, 4) is 11.3 Å². The number of nitrogens with zero attached hydrogens (tertiary/aromatic N) is 6. The molecule has 0 bridgehead atoms. The first-order valence-electron chi connectivity index (χ1n) is 13.9. The van der Waals surface area contributed by atoms with Crippen LogP contribution in [0.25, 0.3) is 16.9 Å². The van der Waals surface area contributed by atoms with Crippen LogP contribution in [0.3, 0.4) is 0 Å².